The summed E-state index contributed by atoms with van der Waals surface area (Å²) in [5.41, 5.74) is -1.11. The number of nitrogens with one attached hydrogen (secondary N) is 3. The summed E-state index contributed by atoms with van der Waals surface area (Å²) in [6.07, 6.45) is -2.06. The van der Waals surface area contributed by atoms with Crippen molar-refractivity contribution in [1.29, 1.82) is 0 Å². The molecule has 0 atom stereocenters. The Morgan fingerprint density at radius 1 is 0.964 bits per heavy atom. The van der Waals surface area contributed by atoms with Crippen LogP contribution < -0.4 is 16.0 Å². The Balaban J connectivity index is 2.12. The van der Waals surface area contributed by atoms with Crippen molar-refractivity contribution in [2.75, 3.05) is 17.2 Å². The summed E-state index contributed by atoms with van der Waals surface area (Å²) in [6.45, 7) is 2.39. The van der Waals surface area contributed by atoms with Crippen molar-refractivity contribution in [1.82, 2.24) is 5.32 Å². The van der Waals surface area contributed by atoms with Gasteiger partial charge in [0.25, 0.3) is 5.91 Å². The number of halogens is 3. The molecule has 8 heteroatoms. The minimum Gasteiger partial charge on any atom is -0.338 e. The summed E-state index contributed by atoms with van der Waals surface area (Å²) in [4.78, 5) is 24.0. The van der Waals surface area contributed by atoms with Crippen LogP contribution in [0.15, 0.2) is 48.5 Å². The standard InChI is InChI=1S/C20H22F3N3O2/c1-2-3-7-12-24-19(28)26-17-11-10-15(13-16(17)20(21,22)23)25-18(27)14-8-5-4-6-9-14/h4-6,8-11,13H,2-3,7,12H2,1H3,(H,25,27)(H2,24,26,28). The number of benzene rings is 2. The first-order valence-electron chi connectivity index (χ1n) is 8.93. The Morgan fingerprint density at radius 3 is 2.32 bits per heavy atom. The molecule has 2 aromatic carbocycles. The molecular formula is C20H22F3N3O2. The molecule has 0 spiro atoms. The molecule has 150 valence electrons. The second kappa shape index (κ2) is 9.77. The minimum atomic E-state index is -4.70. The van der Waals surface area contributed by atoms with Gasteiger partial charge in [0.15, 0.2) is 0 Å². The predicted octanol–water partition coefficient (Wildman–Crippen LogP) is 5.27. The molecule has 0 saturated carbocycles. The molecule has 0 aromatic heterocycles. The molecule has 3 amide bonds. The first kappa shape index (κ1) is 21.3. The molecule has 2 aromatic rings. The van der Waals surface area contributed by atoms with E-state index < -0.39 is 23.7 Å². The molecule has 0 aliphatic heterocycles. The summed E-state index contributed by atoms with van der Waals surface area (Å²) in [7, 11) is 0. The smallest absolute Gasteiger partial charge is 0.338 e. The van der Waals surface area contributed by atoms with Crippen LogP contribution in [0.1, 0.15) is 42.1 Å². The first-order valence-corrected chi connectivity index (χ1v) is 8.93. The average molecular weight is 393 g/mol. The zero-order valence-corrected chi connectivity index (χ0v) is 15.4. The van der Waals surface area contributed by atoms with E-state index in [1.165, 1.54) is 6.07 Å². The van der Waals surface area contributed by atoms with Crippen molar-refractivity contribution in [3.8, 4) is 0 Å². The highest BCUT2D eigenvalue weighted by Crippen LogP contribution is 2.36. The van der Waals surface area contributed by atoms with Crippen molar-refractivity contribution in [3.63, 3.8) is 0 Å². The summed E-state index contributed by atoms with van der Waals surface area (Å²) in [5.74, 6) is -0.525. The molecule has 0 heterocycles. The van der Waals surface area contributed by atoms with Gasteiger partial charge < -0.3 is 16.0 Å². The van der Waals surface area contributed by atoms with Crippen molar-refractivity contribution < 1.29 is 22.8 Å². The van der Waals surface area contributed by atoms with Gasteiger partial charge in [-0.3, -0.25) is 4.79 Å². The van der Waals surface area contributed by atoms with Gasteiger partial charge in [0, 0.05) is 17.8 Å². The van der Waals surface area contributed by atoms with E-state index in [0.717, 1.165) is 31.4 Å². The van der Waals surface area contributed by atoms with Gasteiger partial charge in [-0.05, 0) is 36.8 Å². The highest BCUT2D eigenvalue weighted by atomic mass is 19.4. The number of alkyl halides is 3. The van der Waals surface area contributed by atoms with Crippen LogP contribution in [0.5, 0.6) is 0 Å². The Hall–Kier alpha value is -3.03. The summed E-state index contributed by atoms with van der Waals surface area (Å²) < 4.78 is 40.2. The van der Waals surface area contributed by atoms with Crippen LogP contribution >= 0.6 is 0 Å². The Bertz CT molecular complexity index is 808. The highest BCUT2D eigenvalue weighted by molar-refractivity contribution is 6.04. The van der Waals surface area contributed by atoms with Crippen LogP contribution in [0.25, 0.3) is 0 Å². The van der Waals surface area contributed by atoms with Gasteiger partial charge in [-0.25, -0.2) is 4.79 Å². The van der Waals surface area contributed by atoms with Crippen LogP contribution in [0.2, 0.25) is 0 Å². The van der Waals surface area contributed by atoms with Gasteiger partial charge in [-0.15, -0.1) is 0 Å². The van der Waals surface area contributed by atoms with E-state index in [4.69, 9.17) is 0 Å². The second-order valence-corrected chi connectivity index (χ2v) is 6.17. The molecule has 0 aliphatic rings. The molecule has 28 heavy (non-hydrogen) atoms. The molecule has 2 rings (SSSR count). The monoisotopic (exact) mass is 393 g/mol. The summed E-state index contributed by atoms with van der Waals surface area (Å²) in [5, 5.41) is 7.18. The van der Waals surface area contributed by atoms with Crippen molar-refractivity contribution in [2.24, 2.45) is 0 Å². The van der Waals surface area contributed by atoms with Crippen molar-refractivity contribution in [2.45, 2.75) is 32.4 Å². The van der Waals surface area contributed by atoms with Gasteiger partial charge in [-0.2, -0.15) is 13.2 Å². The molecule has 0 bridgehead atoms. The Kier molecular flexibility index (Phi) is 7.43. The third-order valence-electron chi connectivity index (χ3n) is 3.93. The normalized spacial score (nSPS) is 11.0. The average Bonchev–Trinajstić information content (AvgIpc) is 2.66. The maximum Gasteiger partial charge on any atom is 0.418 e. The van der Waals surface area contributed by atoms with E-state index in [1.807, 2.05) is 6.92 Å². The number of hydrogen-bond acceptors (Lipinski definition) is 2. The quantitative estimate of drug-likeness (QED) is 0.561. The van der Waals surface area contributed by atoms with Crippen LogP contribution in [-0.2, 0) is 6.18 Å². The zero-order chi connectivity index (χ0) is 20.6. The van der Waals surface area contributed by atoms with Crippen LogP contribution in [-0.4, -0.2) is 18.5 Å². The van der Waals surface area contributed by atoms with E-state index in [2.05, 4.69) is 16.0 Å². The maximum absolute atomic E-state index is 13.4. The van der Waals surface area contributed by atoms with Crippen molar-refractivity contribution >= 4 is 23.3 Å². The van der Waals surface area contributed by atoms with Crippen molar-refractivity contribution in [3.05, 3.63) is 59.7 Å². The van der Waals surface area contributed by atoms with Crippen LogP contribution in [0.4, 0.5) is 29.3 Å². The van der Waals surface area contributed by atoms with E-state index in [-0.39, 0.29) is 11.4 Å². The van der Waals surface area contributed by atoms with Crippen LogP contribution in [0.3, 0.4) is 0 Å². The number of urea groups is 1. The third-order valence-corrected chi connectivity index (χ3v) is 3.93. The fourth-order valence-corrected chi connectivity index (χ4v) is 2.50. The number of unbranched alkanes of at least 4 members (excludes halogenated alkanes) is 2. The Morgan fingerprint density at radius 2 is 1.68 bits per heavy atom. The van der Waals surface area contributed by atoms with E-state index >= 15 is 0 Å². The summed E-state index contributed by atoms with van der Waals surface area (Å²) in [6, 6.07) is 10.7. The molecule has 0 fully saturated rings. The lowest BCUT2D eigenvalue weighted by Crippen LogP contribution is -2.30. The van der Waals surface area contributed by atoms with Gasteiger partial charge in [0.2, 0.25) is 0 Å². The fraction of sp³-hybridized carbons (Fsp3) is 0.300. The number of rotatable bonds is 7. The zero-order valence-electron chi connectivity index (χ0n) is 15.4. The fourth-order valence-electron chi connectivity index (χ4n) is 2.50. The number of carbonyl (C=O) groups excluding carboxylic acids is 2. The molecule has 0 saturated heterocycles. The maximum atomic E-state index is 13.4. The molecule has 0 radical (unpaired) electrons. The van der Waals surface area contributed by atoms with E-state index in [0.29, 0.717) is 12.1 Å². The van der Waals surface area contributed by atoms with Gasteiger partial charge in [0.05, 0.1) is 11.3 Å². The molecule has 0 aliphatic carbocycles. The molecular weight excluding hydrogens is 371 g/mol. The molecule has 5 nitrogen and oxygen atoms in total. The predicted molar refractivity (Wildman–Crippen MR) is 102 cm³/mol. The first-order chi connectivity index (χ1) is 13.3. The second-order valence-electron chi connectivity index (χ2n) is 6.17. The third kappa shape index (κ3) is 6.29. The molecule has 3 N–H and O–H groups in total. The molecule has 0 unspecified atom stereocenters. The number of anilines is 2. The van der Waals surface area contributed by atoms with Gasteiger partial charge >= 0.3 is 12.2 Å². The number of carbonyl (C=O) groups is 2. The lowest BCUT2D eigenvalue weighted by Gasteiger charge is -2.16. The lowest BCUT2D eigenvalue weighted by atomic mass is 10.1. The highest BCUT2D eigenvalue weighted by Gasteiger charge is 2.34. The topological polar surface area (TPSA) is 70.2 Å². The minimum absolute atomic E-state index is 0.0184. The number of amides is 3. The van der Waals surface area contributed by atoms with E-state index in [1.54, 1.807) is 30.3 Å². The largest absolute Gasteiger partial charge is 0.418 e. The van der Waals surface area contributed by atoms with Crippen LogP contribution in [0, 0.1) is 0 Å². The van der Waals surface area contributed by atoms with Gasteiger partial charge in [0.1, 0.15) is 0 Å². The lowest BCUT2D eigenvalue weighted by molar-refractivity contribution is -0.136. The van der Waals surface area contributed by atoms with Gasteiger partial charge in [-0.1, -0.05) is 38.0 Å². The SMILES string of the molecule is CCCCCNC(=O)Nc1ccc(NC(=O)c2ccccc2)cc1C(F)(F)F. The summed E-state index contributed by atoms with van der Waals surface area (Å²) >= 11 is 0. The number of hydrogen-bond donors (Lipinski definition) is 3. The Labute approximate surface area is 161 Å². The van der Waals surface area contributed by atoms with E-state index in [9.17, 15) is 22.8 Å².